The fourth-order valence-corrected chi connectivity index (χ4v) is 1.75. The summed E-state index contributed by atoms with van der Waals surface area (Å²) in [7, 11) is 1.35. The third-order valence-corrected chi connectivity index (χ3v) is 2.45. The smallest absolute Gasteiger partial charge is 0.305 e. The molecule has 1 heterocycles. The fraction of sp³-hybridized carbons (Fsp3) is 0.444. The SMILES string of the molecule is COC(=O)CCc1csc(NC(C)=O)n1. The number of carbonyl (C=O) groups excluding carboxylic acids is 2. The average Bonchev–Trinajstić information content (AvgIpc) is 2.61. The number of hydrogen-bond donors (Lipinski definition) is 1. The molecule has 82 valence electrons. The number of rotatable bonds is 4. The molecule has 6 heteroatoms. The third kappa shape index (κ3) is 4.07. The van der Waals surface area contributed by atoms with Crippen LogP contribution in [0.25, 0.3) is 0 Å². The van der Waals surface area contributed by atoms with E-state index in [1.54, 1.807) is 0 Å². The van der Waals surface area contributed by atoms with Crippen molar-refractivity contribution in [3.05, 3.63) is 11.1 Å². The molecule has 0 aliphatic rings. The van der Waals surface area contributed by atoms with Gasteiger partial charge in [-0.3, -0.25) is 9.59 Å². The van der Waals surface area contributed by atoms with E-state index in [1.165, 1.54) is 25.4 Å². The molecule has 1 aromatic heterocycles. The molecule has 0 saturated carbocycles. The van der Waals surface area contributed by atoms with E-state index in [0.29, 0.717) is 18.0 Å². The summed E-state index contributed by atoms with van der Waals surface area (Å²) in [6, 6.07) is 0. The van der Waals surface area contributed by atoms with Crippen molar-refractivity contribution >= 4 is 28.3 Å². The molecule has 0 aliphatic heterocycles. The van der Waals surface area contributed by atoms with E-state index in [9.17, 15) is 9.59 Å². The molecule has 15 heavy (non-hydrogen) atoms. The molecule has 0 aromatic carbocycles. The van der Waals surface area contributed by atoms with Crippen LogP contribution in [0.3, 0.4) is 0 Å². The Morgan fingerprint density at radius 3 is 2.93 bits per heavy atom. The maximum absolute atomic E-state index is 10.9. The third-order valence-electron chi connectivity index (χ3n) is 1.65. The molecule has 0 bridgehead atoms. The highest BCUT2D eigenvalue weighted by Crippen LogP contribution is 2.16. The van der Waals surface area contributed by atoms with Crippen molar-refractivity contribution in [3.63, 3.8) is 0 Å². The molecule has 1 amide bonds. The average molecular weight is 228 g/mol. The number of aryl methyl sites for hydroxylation is 1. The number of hydrogen-bond acceptors (Lipinski definition) is 5. The van der Waals surface area contributed by atoms with Gasteiger partial charge in [-0.2, -0.15) is 0 Å². The lowest BCUT2D eigenvalue weighted by Gasteiger charge is -1.96. The van der Waals surface area contributed by atoms with Crippen LogP contribution in [0.4, 0.5) is 5.13 Å². The van der Waals surface area contributed by atoms with Crippen LogP contribution in [0.15, 0.2) is 5.38 Å². The molecular weight excluding hydrogens is 216 g/mol. The molecule has 0 atom stereocenters. The number of anilines is 1. The van der Waals surface area contributed by atoms with E-state index in [-0.39, 0.29) is 11.9 Å². The molecule has 1 N–H and O–H groups in total. The van der Waals surface area contributed by atoms with Crippen molar-refractivity contribution in [2.75, 3.05) is 12.4 Å². The summed E-state index contributed by atoms with van der Waals surface area (Å²) in [5.41, 5.74) is 0.786. The Hall–Kier alpha value is -1.43. The van der Waals surface area contributed by atoms with Gasteiger partial charge in [0.05, 0.1) is 19.2 Å². The van der Waals surface area contributed by atoms with E-state index >= 15 is 0 Å². The first-order valence-electron chi connectivity index (χ1n) is 4.40. The topological polar surface area (TPSA) is 68.3 Å². The van der Waals surface area contributed by atoms with Crippen LogP contribution < -0.4 is 5.32 Å². The molecule has 5 nitrogen and oxygen atoms in total. The molecule has 0 aliphatic carbocycles. The zero-order valence-corrected chi connectivity index (χ0v) is 9.39. The van der Waals surface area contributed by atoms with Gasteiger partial charge in [-0.1, -0.05) is 0 Å². The van der Waals surface area contributed by atoms with Crippen LogP contribution in [-0.2, 0) is 20.7 Å². The number of thiazole rings is 1. The maximum atomic E-state index is 10.9. The normalized spacial score (nSPS) is 9.73. The molecule has 0 saturated heterocycles. The largest absolute Gasteiger partial charge is 0.469 e. The maximum Gasteiger partial charge on any atom is 0.305 e. The van der Waals surface area contributed by atoms with Crippen molar-refractivity contribution in [3.8, 4) is 0 Å². The highest BCUT2D eigenvalue weighted by Gasteiger charge is 2.06. The predicted octanol–water partition coefficient (Wildman–Crippen LogP) is 1.21. The van der Waals surface area contributed by atoms with Crippen LogP contribution in [0.5, 0.6) is 0 Å². The Balaban J connectivity index is 2.46. The van der Waals surface area contributed by atoms with Crippen LogP contribution in [0.1, 0.15) is 19.0 Å². The number of amides is 1. The first-order chi connectivity index (χ1) is 7.11. The van der Waals surface area contributed by atoms with Crippen LogP contribution >= 0.6 is 11.3 Å². The zero-order chi connectivity index (χ0) is 11.3. The highest BCUT2D eigenvalue weighted by molar-refractivity contribution is 7.13. The molecule has 1 aromatic rings. The summed E-state index contributed by atoms with van der Waals surface area (Å²) in [6.45, 7) is 1.43. The van der Waals surface area contributed by atoms with Crippen molar-refractivity contribution in [1.82, 2.24) is 4.98 Å². The number of carbonyl (C=O) groups is 2. The minimum Gasteiger partial charge on any atom is -0.469 e. The van der Waals surface area contributed by atoms with Crippen LogP contribution in [0.2, 0.25) is 0 Å². The molecular formula is C9H12N2O3S. The summed E-state index contributed by atoms with van der Waals surface area (Å²) in [4.78, 5) is 25.7. The van der Waals surface area contributed by atoms with Gasteiger partial charge in [0.1, 0.15) is 0 Å². The number of aromatic nitrogens is 1. The standard InChI is InChI=1S/C9H12N2O3S/c1-6(12)10-9-11-7(5-15-9)3-4-8(13)14-2/h5H,3-4H2,1-2H3,(H,10,11,12). The minimum absolute atomic E-state index is 0.149. The summed E-state index contributed by atoms with van der Waals surface area (Å²) in [5, 5.41) is 4.95. The minimum atomic E-state index is -0.260. The summed E-state index contributed by atoms with van der Waals surface area (Å²) in [6.07, 6.45) is 0.836. The lowest BCUT2D eigenvalue weighted by molar-refractivity contribution is -0.140. The molecule has 0 fully saturated rings. The van der Waals surface area contributed by atoms with E-state index in [4.69, 9.17) is 0 Å². The Morgan fingerprint density at radius 2 is 2.33 bits per heavy atom. The lowest BCUT2D eigenvalue weighted by atomic mass is 10.2. The van der Waals surface area contributed by atoms with Gasteiger partial charge in [-0.05, 0) is 0 Å². The Labute approximate surface area is 91.5 Å². The van der Waals surface area contributed by atoms with E-state index in [1.807, 2.05) is 5.38 Å². The van der Waals surface area contributed by atoms with E-state index in [2.05, 4.69) is 15.0 Å². The zero-order valence-electron chi connectivity index (χ0n) is 8.57. The molecule has 1 rings (SSSR count). The monoisotopic (exact) mass is 228 g/mol. The van der Waals surface area contributed by atoms with Gasteiger partial charge in [0.25, 0.3) is 0 Å². The van der Waals surface area contributed by atoms with Gasteiger partial charge in [-0.25, -0.2) is 4.98 Å². The van der Waals surface area contributed by atoms with E-state index in [0.717, 1.165) is 5.69 Å². The summed E-state index contributed by atoms with van der Waals surface area (Å²) >= 11 is 1.34. The number of esters is 1. The van der Waals surface area contributed by atoms with Gasteiger partial charge >= 0.3 is 5.97 Å². The number of methoxy groups -OCH3 is 1. The van der Waals surface area contributed by atoms with Crippen molar-refractivity contribution in [2.45, 2.75) is 19.8 Å². The number of nitrogens with zero attached hydrogens (tertiary/aromatic N) is 1. The van der Waals surface area contributed by atoms with Crippen LogP contribution in [-0.4, -0.2) is 24.0 Å². The second kappa shape index (κ2) is 5.45. The Kier molecular flexibility index (Phi) is 4.23. The van der Waals surface area contributed by atoms with Crippen molar-refractivity contribution < 1.29 is 14.3 Å². The first kappa shape index (κ1) is 11.6. The highest BCUT2D eigenvalue weighted by atomic mass is 32.1. The van der Waals surface area contributed by atoms with E-state index < -0.39 is 0 Å². The second-order valence-electron chi connectivity index (χ2n) is 2.90. The first-order valence-corrected chi connectivity index (χ1v) is 5.28. The number of nitrogens with one attached hydrogen (secondary N) is 1. The number of ether oxygens (including phenoxy) is 1. The molecule has 0 radical (unpaired) electrons. The Morgan fingerprint density at radius 1 is 1.60 bits per heavy atom. The lowest BCUT2D eigenvalue weighted by Crippen LogP contribution is -2.06. The van der Waals surface area contributed by atoms with Gasteiger partial charge in [0.2, 0.25) is 5.91 Å². The second-order valence-corrected chi connectivity index (χ2v) is 3.76. The molecule has 0 spiro atoms. The summed E-state index contributed by atoms with van der Waals surface area (Å²) < 4.78 is 4.51. The molecule has 0 unspecified atom stereocenters. The fourth-order valence-electron chi connectivity index (χ4n) is 0.962. The van der Waals surface area contributed by atoms with Crippen molar-refractivity contribution in [2.24, 2.45) is 0 Å². The predicted molar refractivity (Wildman–Crippen MR) is 56.8 cm³/mol. The van der Waals surface area contributed by atoms with Gasteiger partial charge in [0.15, 0.2) is 5.13 Å². The Bertz CT molecular complexity index is 362. The van der Waals surface area contributed by atoms with Crippen LogP contribution in [0, 0.1) is 0 Å². The van der Waals surface area contributed by atoms with Gasteiger partial charge in [0, 0.05) is 18.7 Å². The quantitative estimate of drug-likeness (QED) is 0.786. The van der Waals surface area contributed by atoms with Gasteiger partial charge in [-0.15, -0.1) is 11.3 Å². The summed E-state index contributed by atoms with van der Waals surface area (Å²) in [5.74, 6) is -0.409. The van der Waals surface area contributed by atoms with Gasteiger partial charge < -0.3 is 10.1 Å². The van der Waals surface area contributed by atoms with Crippen molar-refractivity contribution in [1.29, 1.82) is 0 Å².